The van der Waals surface area contributed by atoms with Gasteiger partial charge in [-0.2, -0.15) is 13.2 Å². The number of ether oxygens (including phenoxy) is 2. The smallest absolute Gasteiger partial charge is 0.416 e. The first kappa shape index (κ1) is 20.8. The highest BCUT2D eigenvalue weighted by Crippen LogP contribution is 2.44. The molecule has 0 fully saturated rings. The minimum atomic E-state index is -4.45. The maximum atomic E-state index is 13.1. The van der Waals surface area contributed by atoms with Crippen molar-refractivity contribution in [3.05, 3.63) is 53.7 Å². The fourth-order valence-electron chi connectivity index (χ4n) is 3.08. The van der Waals surface area contributed by atoms with Crippen LogP contribution in [-0.4, -0.2) is 18.6 Å². The van der Waals surface area contributed by atoms with Crippen LogP contribution in [-0.2, 0) is 6.18 Å². The van der Waals surface area contributed by atoms with Crippen LogP contribution >= 0.6 is 0 Å². The number of aromatic nitrogens is 1. The largest absolute Gasteiger partial charge is 0.493 e. The summed E-state index contributed by atoms with van der Waals surface area (Å²) in [6.45, 7) is 4.78. The number of nitrogens with one attached hydrogen (secondary N) is 1. The lowest BCUT2D eigenvalue weighted by atomic mass is 10.1. The molecule has 0 bridgehead atoms. The minimum Gasteiger partial charge on any atom is -0.493 e. The maximum Gasteiger partial charge on any atom is 0.416 e. The molecule has 2 aromatic carbocycles. The normalized spacial score (nSPS) is 11.5. The molecule has 0 radical (unpaired) electrons. The number of hydrogen-bond acceptors (Lipinski definition) is 4. The number of methoxy groups -OCH3 is 1. The van der Waals surface area contributed by atoms with Crippen LogP contribution < -0.4 is 14.8 Å². The first-order valence-corrected chi connectivity index (χ1v) is 9.40. The van der Waals surface area contributed by atoms with Crippen LogP contribution in [0.5, 0.6) is 17.2 Å². The first-order chi connectivity index (χ1) is 13.8. The van der Waals surface area contributed by atoms with Gasteiger partial charge in [0.2, 0.25) is 0 Å². The Labute approximate surface area is 167 Å². The zero-order valence-electron chi connectivity index (χ0n) is 16.6. The number of pyridine rings is 1. The number of hydrogen-bond donors (Lipinski definition) is 1. The lowest BCUT2D eigenvalue weighted by Crippen LogP contribution is -2.05. The van der Waals surface area contributed by atoms with Gasteiger partial charge in [0.15, 0.2) is 11.5 Å². The van der Waals surface area contributed by atoms with Gasteiger partial charge in [-0.25, -0.2) is 0 Å². The van der Waals surface area contributed by atoms with E-state index in [1.165, 1.54) is 19.2 Å². The lowest BCUT2D eigenvalue weighted by molar-refractivity contribution is -0.137. The van der Waals surface area contributed by atoms with Gasteiger partial charge in [-0.3, -0.25) is 4.98 Å². The van der Waals surface area contributed by atoms with Crippen LogP contribution in [0.3, 0.4) is 0 Å². The molecule has 29 heavy (non-hydrogen) atoms. The third-order valence-electron chi connectivity index (χ3n) is 4.59. The number of unbranched alkanes of at least 4 members (excludes halogenated alkanes) is 1. The molecular formula is C22H23F3N2O2. The van der Waals surface area contributed by atoms with Gasteiger partial charge in [-0.05, 0) is 43.2 Å². The highest BCUT2D eigenvalue weighted by molar-refractivity contribution is 5.99. The van der Waals surface area contributed by atoms with Crippen LogP contribution in [0.25, 0.3) is 10.9 Å². The third kappa shape index (κ3) is 4.55. The van der Waals surface area contributed by atoms with Crippen molar-refractivity contribution < 1.29 is 22.6 Å². The first-order valence-electron chi connectivity index (χ1n) is 9.40. The number of benzene rings is 2. The molecule has 0 saturated heterocycles. The standard InChI is InChI=1S/C22H23F3N2O2/c1-4-5-10-26-17-13-18(28-3)21(19-14(2)9-11-27-20(17)19)29-16-8-6-7-15(12-16)22(23,24)25/h6-9,11-13,26H,4-5,10H2,1-3H3. The molecule has 0 unspecified atom stereocenters. The predicted octanol–water partition coefficient (Wildman–Crippen LogP) is 6.57. The van der Waals surface area contributed by atoms with Gasteiger partial charge in [0.1, 0.15) is 5.75 Å². The van der Waals surface area contributed by atoms with Gasteiger partial charge in [-0.1, -0.05) is 19.4 Å². The Bertz CT molecular complexity index is 1000. The van der Waals surface area contributed by atoms with Gasteiger partial charge in [0.05, 0.1) is 29.3 Å². The predicted molar refractivity (Wildman–Crippen MR) is 108 cm³/mol. The summed E-state index contributed by atoms with van der Waals surface area (Å²) in [5.74, 6) is 0.841. The Morgan fingerprint density at radius 2 is 1.93 bits per heavy atom. The molecule has 0 atom stereocenters. The number of rotatable bonds is 7. The number of fused-ring (bicyclic) bond motifs is 1. The van der Waals surface area contributed by atoms with Crippen LogP contribution in [0.1, 0.15) is 30.9 Å². The molecule has 1 aromatic heterocycles. The fraction of sp³-hybridized carbons (Fsp3) is 0.318. The van der Waals surface area contributed by atoms with Crippen molar-refractivity contribution in [2.75, 3.05) is 19.0 Å². The molecule has 0 saturated carbocycles. The monoisotopic (exact) mass is 404 g/mol. The Hall–Kier alpha value is -2.96. The summed E-state index contributed by atoms with van der Waals surface area (Å²) >= 11 is 0. The number of nitrogens with zero attached hydrogens (tertiary/aromatic N) is 1. The van der Waals surface area contributed by atoms with E-state index in [1.807, 2.05) is 13.0 Å². The van der Waals surface area contributed by atoms with Gasteiger partial charge < -0.3 is 14.8 Å². The second-order valence-electron chi connectivity index (χ2n) is 6.71. The van der Waals surface area contributed by atoms with Gasteiger partial charge in [0.25, 0.3) is 0 Å². The molecule has 0 aliphatic heterocycles. The van der Waals surface area contributed by atoms with E-state index < -0.39 is 11.7 Å². The average Bonchev–Trinajstić information content (AvgIpc) is 2.69. The van der Waals surface area contributed by atoms with Crippen molar-refractivity contribution in [3.8, 4) is 17.2 Å². The summed E-state index contributed by atoms with van der Waals surface area (Å²) in [5, 5.41) is 4.06. The summed E-state index contributed by atoms with van der Waals surface area (Å²) in [6, 6.07) is 8.39. The molecule has 3 rings (SSSR count). The zero-order chi connectivity index (χ0) is 21.0. The fourth-order valence-corrected chi connectivity index (χ4v) is 3.08. The molecule has 3 aromatic rings. The quantitative estimate of drug-likeness (QED) is 0.452. The van der Waals surface area contributed by atoms with Crippen LogP contribution in [0.2, 0.25) is 0 Å². The SMILES string of the molecule is CCCCNc1cc(OC)c(Oc2cccc(C(F)(F)F)c2)c2c(C)ccnc12. The van der Waals surface area contributed by atoms with E-state index in [1.54, 1.807) is 12.3 Å². The molecule has 0 aliphatic carbocycles. The van der Waals surface area contributed by atoms with E-state index in [0.29, 0.717) is 22.4 Å². The molecule has 154 valence electrons. The third-order valence-corrected chi connectivity index (χ3v) is 4.59. The molecule has 1 heterocycles. The van der Waals surface area contributed by atoms with Crippen LogP contribution in [0, 0.1) is 6.92 Å². The zero-order valence-corrected chi connectivity index (χ0v) is 16.6. The van der Waals surface area contributed by atoms with Crippen molar-refractivity contribution in [2.24, 2.45) is 0 Å². The average molecular weight is 404 g/mol. The highest BCUT2D eigenvalue weighted by atomic mass is 19.4. The summed E-state index contributed by atoms with van der Waals surface area (Å²) in [7, 11) is 1.50. The second-order valence-corrected chi connectivity index (χ2v) is 6.71. The Morgan fingerprint density at radius 3 is 2.62 bits per heavy atom. The van der Waals surface area contributed by atoms with E-state index >= 15 is 0 Å². The van der Waals surface area contributed by atoms with Gasteiger partial charge >= 0.3 is 6.18 Å². The van der Waals surface area contributed by atoms with E-state index in [0.717, 1.165) is 42.8 Å². The molecule has 7 heteroatoms. The Balaban J connectivity index is 2.11. The number of anilines is 1. The van der Waals surface area contributed by atoms with E-state index in [-0.39, 0.29) is 5.75 Å². The maximum absolute atomic E-state index is 13.1. The van der Waals surface area contributed by atoms with E-state index in [9.17, 15) is 13.2 Å². The van der Waals surface area contributed by atoms with Crippen molar-refractivity contribution in [1.82, 2.24) is 4.98 Å². The molecule has 0 spiro atoms. The molecule has 4 nitrogen and oxygen atoms in total. The van der Waals surface area contributed by atoms with Crippen molar-refractivity contribution in [3.63, 3.8) is 0 Å². The van der Waals surface area contributed by atoms with E-state index in [2.05, 4.69) is 17.2 Å². The van der Waals surface area contributed by atoms with Crippen LogP contribution in [0.4, 0.5) is 18.9 Å². The van der Waals surface area contributed by atoms with Gasteiger partial charge in [0, 0.05) is 18.8 Å². The Kier molecular flexibility index (Phi) is 6.15. The minimum absolute atomic E-state index is 0.0781. The number of aryl methyl sites for hydroxylation is 1. The van der Waals surface area contributed by atoms with Crippen LogP contribution in [0.15, 0.2) is 42.6 Å². The van der Waals surface area contributed by atoms with Crippen molar-refractivity contribution >= 4 is 16.6 Å². The summed E-state index contributed by atoms with van der Waals surface area (Å²) in [4.78, 5) is 4.48. The second kappa shape index (κ2) is 8.59. The highest BCUT2D eigenvalue weighted by Gasteiger charge is 2.31. The lowest BCUT2D eigenvalue weighted by Gasteiger charge is -2.18. The summed E-state index contributed by atoms with van der Waals surface area (Å²) in [5.41, 5.74) is 1.59. The van der Waals surface area contributed by atoms with E-state index in [4.69, 9.17) is 9.47 Å². The topological polar surface area (TPSA) is 43.4 Å². The van der Waals surface area contributed by atoms with Crippen molar-refractivity contribution in [2.45, 2.75) is 32.9 Å². The summed E-state index contributed by atoms with van der Waals surface area (Å²) < 4.78 is 50.6. The van der Waals surface area contributed by atoms with Gasteiger partial charge in [-0.15, -0.1) is 0 Å². The number of halogens is 3. The summed E-state index contributed by atoms with van der Waals surface area (Å²) in [6.07, 6.45) is -0.706. The Morgan fingerprint density at radius 1 is 1.14 bits per heavy atom. The van der Waals surface area contributed by atoms with Crippen molar-refractivity contribution in [1.29, 1.82) is 0 Å². The molecule has 0 aliphatic rings. The molecule has 0 amide bonds. The number of alkyl halides is 3. The molecule has 1 N–H and O–H groups in total. The molecular weight excluding hydrogens is 381 g/mol.